The molecule has 2 saturated heterocycles. The molecule has 4 aliphatic rings. The number of sulfonamides is 1. The van der Waals surface area contributed by atoms with Crippen molar-refractivity contribution < 1.29 is 23.1 Å². The van der Waals surface area contributed by atoms with Crippen LogP contribution in [0.1, 0.15) is 82.6 Å². The van der Waals surface area contributed by atoms with Crippen LogP contribution in [0.4, 0.5) is 15.3 Å². The van der Waals surface area contributed by atoms with Crippen LogP contribution in [0.2, 0.25) is 0 Å². The van der Waals surface area contributed by atoms with E-state index in [2.05, 4.69) is 41.8 Å². The van der Waals surface area contributed by atoms with E-state index in [1.165, 1.54) is 11.1 Å². The third kappa shape index (κ3) is 5.24. The van der Waals surface area contributed by atoms with E-state index < -0.39 is 33.2 Å². The monoisotopic (exact) mass is 572 g/mol. The number of aryl methyl sites for hydroxylation is 2. The summed E-state index contributed by atoms with van der Waals surface area (Å²) in [7, 11) is -4.04. The summed E-state index contributed by atoms with van der Waals surface area (Å²) in [6.07, 6.45) is 8.14. The first-order valence-electron chi connectivity index (χ1n) is 14.6. The lowest BCUT2D eigenvalue weighted by molar-refractivity contribution is -0.0334. The molecular formula is C30H44N4O5S. The van der Waals surface area contributed by atoms with Gasteiger partial charge in [0.1, 0.15) is 0 Å². The molecule has 9 nitrogen and oxygen atoms in total. The minimum Gasteiger partial charge on any atom is -0.465 e. The first-order valence-corrected chi connectivity index (χ1v) is 16.1. The van der Waals surface area contributed by atoms with Gasteiger partial charge in [-0.1, -0.05) is 32.9 Å². The number of carboxylic acid groups (broad SMARTS) is 1. The number of fused-ring (bicyclic) bond motifs is 2. The van der Waals surface area contributed by atoms with E-state index in [9.17, 15) is 23.1 Å². The van der Waals surface area contributed by atoms with Crippen molar-refractivity contribution in [2.24, 2.45) is 11.3 Å². The van der Waals surface area contributed by atoms with Crippen LogP contribution in [0, 0.1) is 11.3 Å². The molecule has 2 aliphatic carbocycles. The molecule has 1 aromatic carbocycles. The normalized spacial score (nSPS) is 28.4. The summed E-state index contributed by atoms with van der Waals surface area (Å²) in [5.74, 6) is 0.167. The van der Waals surface area contributed by atoms with E-state index in [1.54, 1.807) is 11.0 Å². The second-order valence-corrected chi connectivity index (χ2v) is 15.2. The molecule has 3 atom stereocenters. The molecule has 0 aromatic heterocycles. The van der Waals surface area contributed by atoms with Gasteiger partial charge in [-0.05, 0) is 98.8 Å². The molecule has 0 spiro atoms. The zero-order valence-corrected chi connectivity index (χ0v) is 25.3. The van der Waals surface area contributed by atoms with Gasteiger partial charge in [-0.15, -0.1) is 0 Å². The Balaban J connectivity index is 1.28. The molecular weight excluding hydrogens is 528 g/mol. The Kier molecular flexibility index (Phi) is 7.26. The minimum atomic E-state index is -4.04. The molecule has 40 heavy (non-hydrogen) atoms. The van der Waals surface area contributed by atoms with Crippen molar-refractivity contribution in [3.05, 3.63) is 39.8 Å². The van der Waals surface area contributed by atoms with Crippen molar-refractivity contribution in [2.75, 3.05) is 25.0 Å². The number of carbonyl (C=O) groups excluding carboxylic acids is 1. The predicted octanol–water partition coefficient (Wildman–Crippen LogP) is 4.90. The fourth-order valence-corrected chi connectivity index (χ4v) is 8.70. The molecule has 2 heterocycles. The van der Waals surface area contributed by atoms with Gasteiger partial charge in [-0.2, -0.15) is 0 Å². The summed E-state index contributed by atoms with van der Waals surface area (Å²) in [5.41, 5.74) is 4.41. The van der Waals surface area contributed by atoms with Gasteiger partial charge in [0.25, 0.3) is 10.0 Å². The number of likely N-dealkylation sites (tertiary alicyclic amines) is 2. The maximum absolute atomic E-state index is 13.0. The van der Waals surface area contributed by atoms with E-state index in [-0.39, 0.29) is 11.3 Å². The van der Waals surface area contributed by atoms with Crippen molar-refractivity contribution >= 4 is 27.8 Å². The summed E-state index contributed by atoms with van der Waals surface area (Å²) >= 11 is 0. The highest BCUT2D eigenvalue weighted by Gasteiger charge is 2.54. The summed E-state index contributed by atoms with van der Waals surface area (Å²) < 4.78 is 28.1. The lowest BCUT2D eigenvalue weighted by atomic mass is 9.69. The summed E-state index contributed by atoms with van der Waals surface area (Å²) in [4.78, 5) is 28.7. The molecule has 1 aromatic rings. The Bertz CT molecular complexity index is 1320. The van der Waals surface area contributed by atoms with Crippen molar-refractivity contribution in [1.82, 2.24) is 14.5 Å². The third-order valence-electron chi connectivity index (χ3n) is 9.96. The number of urea groups is 1. The van der Waals surface area contributed by atoms with E-state index >= 15 is 0 Å². The van der Waals surface area contributed by atoms with Crippen LogP contribution in [0.15, 0.2) is 17.6 Å². The topological polar surface area (TPSA) is 119 Å². The van der Waals surface area contributed by atoms with Crippen LogP contribution in [0.5, 0.6) is 0 Å². The number of amides is 3. The Morgan fingerprint density at radius 2 is 1.70 bits per heavy atom. The van der Waals surface area contributed by atoms with Crippen LogP contribution in [-0.2, 0) is 35.7 Å². The molecule has 0 saturated carbocycles. The van der Waals surface area contributed by atoms with Crippen LogP contribution < -0.4 is 10.0 Å². The molecule has 0 radical (unpaired) electrons. The first kappa shape index (κ1) is 28.9. The summed E-state index contributed by atoms with van der Waals surface area (Å²) in [5, 5.41) is 13.9. The average molecular weight is 573 g/mol. The third-order valence-corrected chi connectivity index (χ3v) is 10.9. The van der Waals surface area contributed by atoms with Gasteiger partial charge >= 0.3 is 12.1 Å². The largest absolute Gasteiger partial charge is 0.465 e. The molecule has 2 aliphatic heterocycles. The summed E-state index contributed by atoms with van der Waals surface area (Å²) in [6.45, 7) is 12.2. The standard InChI is InChI=1S/C30H44N4O5S/c1-28(2,3)24-12-15-34(27(36)37)30(24,5)19-33-16-13-29(33,4)14-17-40(38,39)32-26(35)31-25-22-10-6-8-20(22)18-21-9-7-11-23(21)25/h14,17-18,24H,6-13,15-16,19H2,1-5H3,(H,36,37)(H2,31,32,35)/b17-14+. The molecule has 220 valence electrons. The van der Waals surface area contributed by atoms with Crippen molar-refractivity contribution in [3.63, 3.8) is 0 Å². The number of rotatable bonds is 6. The highest BCUT2D eigenvalue weighted by atomic mass is 32.2. The second kappa shape index (κ2) is 10.0. The van der Waals surface area contributed by atoms with Crippen molar-refractivity contribution in [2.45, 2.75) is 97.1 Å². The van der Waals surface area contributed by atoms with Gasteiger partial charge in [0.15, 0.2) is 0 Å². The number of nitrogens with zero attached hydrogens (tertiary/aromatic N) is 2. The van der Waals surface area contributed by atoms with E-state index in [0.717, 1.165) is 80.1 Å². The zero-order valence-electron chi connectivity index (χ0n) is 24.5. The molecule has 0 bridgehead atoms. The molecule has 2 fully saturated rings. The lowest BCUT2D eigenvalue weighted by Crippen LogP contribution is -2.65. The highest BCUT2D eigenvalue weighted by molar-refractivity contribution is 7.92. The summed E-state index contributed by atoms with van der Waals surface area (Å²) in [6, 6.07) is 1.53. The van der Waals surface area contributed by atoms with Crippen molar-refractivity contribution in [3.8, 4) is 0 Å². The molecule has 3 amide bonds. The average Bonchev–Trinajstić information content (AvgIpc) is 3.58. The van der Waals surface area contributed by atoms with Crippen LogP contribution >= 0.6 is 0 Å². The van der Waals surface area contributed by atoms with E-state index in [0.29, 0.717) is 13.1 Å². The van der Waals surface area contributed by atoms with Crippen LogP contribution in [0.3, 0.4) is 0 Å². The second-order valence-electron chi connectivity index (χ2n) is 13.7. The zero-order chi connectivity index (χ0) is 29.1. The Labute approximate surface area is 238 Å². The highest BCUT2D eigenvalue weighted by Crippen LogP contribution is 2.48. The predicted molar refractivity (Wildman–Crippen MR) is 156 cm³/mol. The Hall–Kier alpha value is -2.59. The van der Waals surface area contributed by atoms with E-state index in [1.807, 2.05) is 13.8 Å². The van der Waals surface area contributed by atoms with Gasteiger partial charge in [0.2, 0.25) is 0 Å². The number of anilines is 1. The van der Waals surface area contributed by atoms with Crippen molar-refractivity contribution in [1.29, 1.82) is 0 Å². The Morgan fingerprint density at radius 1 is 1.07 bits per heavy atom. The fourth-order valence-electron chi connectivity index (χ4n) is 7.85. The minimum absolute atomic E-state index is 0.0737. The van der Waals surface area contributed by atoms with Gasteiger partial charge in [-0.25, -0.2) is 22.7 Å². The maximum atomic E-state index is 13.0. The fraction of sp³-hybridized carbons (Fsp3) is 0.667. The van der Waals surface area contributed by atoms with Gasteiger partial charge in [0, 0.05) is 36.3 Å². The number of benzene rings is 1. The quantitative estimate of drug-likeness (QED) is 0.446. The molecule has 5 rings (SSSR count). The molecule has 3 N–H and O–H groups in total. The van der Waals surface area contributed by atoms with Gasteiger partial charge in [-0.3, -0.25) is 4.90 Å². The Morgan fingerprint density at radius 3 is 2.23 bits per heavy atom. The lowest BCUT2D eigenvalue weighted by Gasteiger charge is -2.55. The number of nitrogens with one attached hydrogen (secondary N) is 2. The first-order chi connectivity index (χ1) is 18.6. The van der Waals surface area contributed by atoms with E-state index in [4.69, 9.17) is 0 Å². The van der Waals surface area contributed by atoms with Crippen LogP contribution in [0.25, 0.3) is 0 Å². The maximum Gasteiger partial charge on any atom is 0.407 e. The van der Waals surface area contributed by atoms with Gasteiger partial charge in [0.05, 0.1) is 5.54 Å². The molecule has 3 unspecified atom stereocenters. The number of hydrogen-bond acceptors (Lipinski definition) is 5. The van der Waals surface area contributed by atoms with Gasteiger partial charge < -0.3 is 15.3 Å². The SMILES string of the molecule is CC(C)(C)C1CCN(C(=O)O)C1(C)CN1CCC1(C)/C=C/S(=O)(=O)NC(=O)Nc1c2c(cc3c1CCC3)CCC2. The molecule has 10 heteroatoms. The van der Waals surface area contributed by atoms with Crippen LogP contribution in [-0.4, -0.2) is 66.2 Å². The number of carbonyl (C=O) groups is 2. The smallest absolute Gasteiger partial charge is 0.407 e. The number of hydrogen-bond donors (Lipinski definition) is 3.